The van der Waals surface area contributed by atoms with Gasteiger partial charge in [0.25, 0.3) is 0 Å². The average molecular weight is 290 g/mol. The first-order valence-corrected chi connectivity index (χ1v) is 6.63. The van der Waals surface area contributed by atoms with E-state index in [1.165, 1.54) is 12.1 Å². The molecule has 1 atom stereocenters. The maximum absolute atomic E-state index is 13.4. The van der Waals surface area contributed by atoms with Crippen molar-refractivity contribution < 1.29 is 8.81 Å². The van der Waals surface area contributed by atoms with Gasteiger partial charge in [-0.25, -0.2) is 4.39 Å². The molecule has 0 aliphatic heterocycles. The molecule has 0 saturated heterocycles. The summed E-state index contributed by atoms with van der Waals surface area (Å²) in [6, 6.07) is 11.4. The summed E-state index contributed by atoms with van der Waals surface area (Å²) in [7, 11) is 0. The molecule has 4 heteroatoms. The summed E-state index contributed by atoms with van der Waals surface area (Å²) in [6.07, 6.45) is 0. The summed E-state index contributed by atoms with van der Waals surface area (Å²) in [5, 5.41) is 1.42. The van der Waals surface area contributed by atoms with Gasteiger partial charge in [-0.05, 0) is 42.3 Å². The van der Waals surface area contributed by atoms with E-state index < -0.39 is 6.04 Å². The number of para-hydroxylation sites is 1. The highest BCUT2D eigenvalue weighted by atomic mass is 35.5. The van der Waals surface area contributed by atoms with E-state index in [2.05, 4.69) is 0 Å². The van der Waals surface area contributed by atoms with E-state index in [1.54, 1.807) is 12.1 Å². The van der Waals surface area contributed by atoms with Gasteiger partial charge in [-0.15, -0.1) is 0 Å². The zero-order valence-corrected chi connectivity index (χ0v) is 11.6. The van der Waals surface area contributed by atoms with Crippen LogP contribution in [0.3, 0.4) is 0 Å². The van der Waals surface area contributed by atoms with Gasteiger partial charge in [0.1, 0.15) is 11.6 Å². The van der Waals surface area contributed by atoms with Crippen LogP contribution in [-0.4, -0.2) is 0 Å². The number of hydrogen-bond acceptors (Lipinski definition) is 2. The van der Waals surface area contributed by atoms with E-state index in [-0.39, 0.29) is 5.82 Å². The van der Waals surface area contributed by atoms with Crippen LogP contribution in [0.2, 0.25) is 5.02 Å². The number of aryl methyl sites for hydroxylation is 1. The standard InChI is InChI=1S/C16H13ClFNO/c1-9-5-6-11(18)8-12(9)15(19)14-7-10-3-2-4-13(17)16(10)20-14/h2-8,15H,19H2,1H3. The van der Waals surface area contributed by atoms with Gasteiger partial charge in [-0.3, -0.25) is 0 Å². The highest BCUT2D eigenvalue weighted by Gasteiger charge is 2.17. The maximum Gasteiger partial charge on any atom is 0.152 e. The Morgan fingerprint density at radius 2 is 2.00 bits per heavy atom. The molecular weight excluding hydrogens is 277 g/mol. The van der Waals surface area contributed by atoms with Gasteiger partial charge in [0.15, 0.2) is 5.58 Å². The lowest BCUT2D eigenvalue weighted by Crippen LogP contribution is -2.12. The highest BCUT2D eigenvalue weighted by molar-refractivity contribution is 6.34. The first kappa shape index (κ1) is 13.2. The van der Waals surface area contributed by atoms with Crippen LogP contribution >= 0.6 is 11.6 Å². The zero-order valence-electron chi connectivity index (χ0n) is 10.9. The molecule has 0 radical (unpaired) electrons. The van der Waals surface area contributed by atoms with Crippen molar-refractivity contribution in [1.82, 2.24) is 0 Å². The second kappa shape index (κ2) is 4.93. The Kier molecular flexibility index (Phi) is 3.24. The van der Waals surface area contributed by atoms with E-state index in [4.69, 9.17) is 21.8 Å². The number of furan rings is 1. The first-order valence-electron chi connectivity index (χ1n) is 6.26. The molecule has 1 aromatic heterocycles. The van der Waals surface area contributed by atoms with Gasteiger partial charge in [0.05, 0.1) is 11.1 Å². The molecule has 20 heavy (non-hydrogen) atoms. The molecule has 0 aliphatic carbocycles. The lowest BCUT2D eigenvalue weighted by atomic mass is 10.00. The molecule has 2 N–H and O–H groups in total. The number of benzene rings is 2. The second-order valence-electron chi connectivity index (χ2n) is 4.79. The number of rotatable bonds is 2. The Labute approximate surface area is 121 Å². The molecule has 3 aromatic rings. The van der Waals surface area contributed by atoms with Crippen LogP contribution in [0.5, 0.6) is 0 Å². The first-order chi connectivity index (χ1) is 9.56. The van der Waals surface area contributed by atoms with Crippen molar-refractivity contribution in [2.24, 2.45) is 5.73 Å². The Balaban J connectivity index is 2.10. The van der Waals surface area contributed by atoms with Gasteiger partial charge in [0.2, 0.25) is 0 Å². The van der Waals surface area contributed by atoms with Crippen molar-refractivity contribution >= 4 is 22.6 Å². The molecule has 1 unspecified atom stereocenters. The van der Waals surface area contributed by atoms with E-state index in [9.17, 15) is 4.39 Å². The number of fused-ring (bicyclic) bond motifs is 1. The fourth-order valence-electron chi connectivity index (χ4n) is 2.30. The molecule has 0 aliphatic rings. The molecule has 0 saturated carbocycles. The summed E-state index contributed by atoms with van der Waals surface area (Å²) in [5.41, 5.74) is 8.43. The molecule has 0 amide bonds. The molecule has 2 nitrogen and oxygen atoms in total. The van der Waals surface area contributed by atoms with Crippen molar-refractivity contribution in [3.8, 4) is 0 Å². The van der Waals surface area contributed by atoms with Gasteiger partial charge < -0.3 is 10.2 Å². The maximum atomic E-state index is 13.4. The third-order valence-electron chi connectivity index (χ3n) is 3.40. The third kappa shape index (κ3) is 2.19. The summed E-state index contributed by atoms with van der Waals surface area (Å²) >= 11 is 6.08. The third-order valence-corrected chi connectivity index (χ3v) is 3.70. The molecule has 1 heterocycles. The molecule has 2 aromatic carbocycles. The summed E-state index contributed by atoms with van der Waals surface area (Å²) in [4.78, 5) is 0. The van der Waals surface area contributed by atoms with Crippen LogP contribution in [0.1, 0.15) is 22.9 Å². The SMILES string of the molecule is Cc1ccc(F)cc1C(N)c1cc2cccc(Cl)c2o1. The summed E-state index contributed by atoms with van der Waals surface area (Å²) < 4.78 is 19.1. The van der Waals surface area contributed by atoms with E-state index in [0.29, 0.717) is 21.9 Å². The molecule has 102 valence electrons. The van der Waals surface area contributed by atoms with Crippen molar-refractivity contribution in [2.75, 3.05) is 0 Å². The fourth-order valence-corrected chi connectivity index (χ4v) is 2.52. The molecule has 0 spiro atoms. The van der Waals surface area contributed by atoms with Gasteiger partial charge in [-0.1, -0.05) is 29.8 Å². The smallest absolute Gasteiger partial charge is 0.152 e. The topological polar surface area (TPSA) is 39.2 Å². The number of nitrogens with two attached hydrogens (primary N) is 1. The van der Waals surface area contributed by atoms with Crippen LogP contribution in [0.4, 0.5) is 4.39 Å². The van der Waals surface area contributed by atoms with Crippen LogP contribution in [0.15, 0.2) is 46.9 Å². The van der Waals surface area contributed by atoms with E-state index in [0.717, 1.165) is 10.9 Å². The average Bonchev–Trinajstić information content (AvgIpc) is 2.86. The monoisotopic (exact) mass is 289 g/mol. The van der Waals surface area contributed by atoms with Crippen molar-refractivity contribution in [2.45, 2.75) is 13.0 Å². The molecular formula is C16H13ClFNO. The van der Waals surface area contributed by atoms with E-state index in [1.807, 2.05) is 25.1 Å². The predicted octanol–water partition coefficient (Wildman–Crippen LogP) is 4.58. The summed E-state index contributed by atoms with van der Waals surface area (Å²) in [6.45, 7) is 1.89. The normalized spacial score (nSPS) is 12.8. The molecule has 0 bridgehead atoms. The van der Waals surface area contributed by atoms with E-state index >= 15 is 0 Å². The van der Waals surface area contributed by atoms with Gasteiger partial charge in [0, 0.05) is 5.39 Å². The minimum Gasteiger partial charge on any atom is -0.457 e. The zero-order chi connectivity index (χ0) is 14.3. The Bertz CT molecular complexity index is 781. The Morgan fingerprint density at radius 1 is 1.20 bits per heavy atom. The molecule has 3 rings (SSSR count). The number of halogens is 2. The Hall–Kier alpha value is -1.84. The highest BCUT2D eigenvalue weighted by Crippen LogP contribution is 2.31. The molecule has 0 fully saturated rings. The van der Waals surface area contributed by atoms with Crippen LogP contribution in [-0.2, 0) is 0 Å². The lowest BCUT2D eigenvalue weighted by Gasteiger charge is -2.12. The van der Waals surface area contributed by atoms with Gasteiger partial charge in [-0.2, -0.15) is 0 Å². The summed E-state index contributed by atoms with van der Waals surface area (Å²) in [5.74, 6) is 0.261. The van der Waals surface area contributed by atoms with Crippen LogP contribution in [0.25, 0.3) is 11.0 Å². The Morgan fingerprint density at radius 3 is 2.75 bits per heavy atom. The van der Waals surface area contributed by atoms with Crippen molar-refractivity contribution in [3.05, 3.63) is 70.2 Å². The predicted molar refractivity (Wildman–Crippen MR) is 78.4 cm³/mol. The largest absolute Gasteiger partial charge is 0.457 e. The second-order valence-corrected chi connectivity index (χ2v) is 5.19. The quantitative estimate of drug-likeness (QED) is 0.750. The lowest BCUT2D eigenvalue weighted by molar-refractivity contribution is 0.522. The fraction of sp³-hybridized carbons (Fsp3) is 0.125. The van der Waals surface area contributed by atoms with Crippen molar-refractivity contribution in [1.29, 1.82) is 0 Å². The minimum atomic E-state index is -0.519. The van der Waals surface area contributed by atoms with Crippen LogP contribution < -0.4 is 5.73 Å². The van der Waals surface area contributed by atoms with Crippen LogP contribution in [0, 0.1) is 12.7 Å². The minimum absolute atomic E-state index is 0.310. The number of hydrogen-bond donors (Lipinski definition) is 1. The van der Waals surface area contributed by atoms with Gasteiger partial charge >= 0.3 is 0 Å². The van der Waals surface area contributed by atoms with Crippen molar-refractivity contribution in [3.63, 3.8) is 0 Å².